The van der Waals surface area contributed by atoms with Crippen molar-refractivity contribution in [1.82, 2.24) is 14.8 Å². The van der Waals surface area contributed by atoms with Gasteiger partial charge < -0.3 is 4.90 Å². The molecule has 0 spiro atoms. The fraction of sp³-hybridized carbons (Fsp3) is 0.529. The Bertz CT molecular complexity index is 1010. The lowest BCUT2D eigenvalue weighted by Gasteiger charge is -2.19. The van der Waals surface area contributed by atoms with E-state index in [0.717, 1.165) is 23.6 Å². The van der Waals surface area contributed by atoms with Crippen molar-refractivity contribution in [1.29, 1.82) is 0 Å². The fourth-order valence-corrected chi connectivity index (χ4v) is 3.87. The third-order valence-corrected chi connectivity index (χ3v) is 5.41. The van der Waals surface area contributed by atoms with Gasteiger partial charge in [-0.05, 0) is 41.9 Å². The van der Waals surface area contributed by atoms with E-state index in [2.05, 4.69) is 10.1 Å². The van der Waals surface area contributed by atoms with Crippen LogP contribution < -0.4 is 4.90 Å². The first kappa shape index (κ1) is 20.6. The Hall–Kier alpha value is -2.17. The highest BCUT2D eigenvalue weighted by atomic mass is 32.3. The van der Waals surface area contributed by atoms with Crippen molar-refractivity contribution in [3.63, 3.8) is 0 Å². The van der Waals surface area contributed by atoms with Crippen molar-refractivity contribution in [2.24, 2.45) is 0 Å². The summed E-state index contributed by atoms with van der Waals surface area (Å²) in [6.07, 6.45) is -3.16. The van der Waals surface area contributed by atoms with Crippen LogP contribution in [0.5, 0.6) is 0 Å². The summed E-state index contributed by atoms with van der Waals surface area (Å²) < 4.78 is 77.8. The van der Waals surface area contributed by atoms with E-state index in [1.165, 1.54) is 19.0 Å². The van der Waals surface area contributed by atoms with E-state index in [9.17, 15) is 25.5 Å². The van der Waals surface area contributed by atoms with Crippen molar-refractivity contribution < 1.29 is 25.5 Å². The molecule has 0 unspecified atom stereocenters. The van der Waals surface area contributed by atoms with Crippen LogP contribution in [0.15, 0.2) is 17.0 Å². The second-order valence-corrected chi connectivity index (χ2v) is 8.67. The van der Waals surface area contributed by atoms with Gasteiger partial charge in [-0.2, -0.15) is 31.3 Å². The van der Waals surface area contributed by atoms with E-state index >= 15 is 0 Å². The summed E-state index contributed by atoms with van der Waals surface area (Å²) in [6.45, 7) is 3.45. The highest BCUT2D eigenvalue weighted by Crippen LogP contribution is 2.45. The number of nitrogens with zero attached hydrogens (tertiary/aromatic N) is 4. The van der Waals surface area contributed by atoms with Crippen molar-refractivity contribution in [3.05, 3.63) is 29.1 Å². The first-order valence-corrected chi connectivity index (χ1v) is 10.0. The van der Waals surface area contributed by atoms with E-state index in [-0.39, 0.29) is 29.0 Å². The highest BCUT2D eigenvalue weighted by Gasteiger charge is 2.39. The number of hydrogen-bond acceptors (Lipinski definition) is 5. The maximum atomic E-state index is 14.0. The van der Waals surface area contributed by atoms with Gasteiger partial charge in [-0.25, -0.2) is 0 Å². The summed E-state index contributed by atoms with van der Waals surface area (Å²) in [5.74, 6) is -1.72. The highest BCUT2D eigenvalue weighted by molar-refractivity contribution is 7.86. The minimum atomic E-state index is -5.08. The Labute approximate surface area is 160 Å². The predicted molar refractivity (Wildman–Crippen MR) is 95.0 cm³/mol. The Morgan fingerprint density at radius 1 is 1.21 bits per heavy atom. The average molecular weight is 420 g/mol. The number of benzene rings is 1. The summed E-state index contributed by atoms with van der Waals surface area (Å²) in [5, 5.41) is 3.56. The van der Waals surface area contributed by atoms with Gasteiger partial charge in [-0.15, -0.1) is 8.98 Å². The zero-order valence-corrected chi connectivity index (χ0v) is 16.6. The third-order valence-electron chi connectivity index (χ3n) is 4.53. The van der Waals surface area contributed by atoms with Gasteiger partial charge in [0.1, 0.15) is 4.90 Å². The smallest absolute Gasteiger partial charge is 0.347 e. The molecule has 6 nitrogen and oxygen atoms in total. The summed E-state index contributed by atoms with van der Waals surface area (Å²) in [7, 11) is -2.10. The molecule has 0 saturated heterocycles. The number of hydrogen-bond donors (Lipinski definition) is 0. The third kappa shape index (κ3) is 3.85. The Morgan fingerprint density at radius 3 is 2.25 bits per heavy atom. The zero-order valence-electron chi connectivity index (χ0n) is 15.7. The molecule has 2 aromatic rings. The molecule has 0 atom stereocenters. The van der Waals surface area contributed by atoms with Crippen LogP contribution in [0.1, 0.15) is 55.5 Å². The molecule has 28 heavy (non-hydrogen) atoms. The summed E-state index contributed by atoms with van der Waals surface area (Å²) >= 11 is 0. The SMILES string of the molecule is CC(C)c1cc(C2CC2)c(-n2nc(C(F)(F)F)nc2N(C)C)cc1S(=O)(=O)F. The number of rotatable bonds is 5. The second kappa shape index (κ2) is 6.71. The van der Waals surface area contributed by atoms with Crippen LogP contribution in [0.4, 0.5) is 23.0 Å². The van der Waals surface area contributed by atoms with Crippen LogP contribution in [0.25, 0.3) is 5.69 Å². The lowest BCUT2D eigenvalue weighted by molar-refractivity contribution is -0.144. The van der Waals surface area contributed by atoms with Crippen LogP contribution in [0.3, 0.4) is 0 Å². The van der Waals surface area contributed by atoms with Crippen molar-refractivity contribution in [2.75, 3.05) is 19.0 Å². The van der Waals surface area contributed by atoms with Crippen LogP contribution in [0.2, 0.25) is 0 Å². The van der Waals surface area contributed by atoms with Gasteiger partial charge in [0.15, 0.2) is 0 Å². The first-order chi connectivity index (χ1) is 12.8. The Morgan fingerprint density at radius 2 is 1.82 bits per heavy atom. The van der Waals surface area contributed by atoms with Crippen molar-refractivity contribution in [3.8, 4) is 5.69 Å². The number of anilines is 1. The molecule has 1 aromatic heterocycles. The molecule has 154 valence electrons. The number of alkyl halides is 3. The number of halogens is 4. The van der Waals surface area contributed by atoms with Crippen LogP contribution in [-0.4, -0.2) is 37.3 Å². The van der Waals surface area contributed by atoms with E-state index in [0.29, 0.717) is 5.56 Å². The molecule has 1 saturated carbocycles. The lowest BCUT2D eigenvalue weighted by Crippen LogP contribution is -2.17. The molecule has 0 N–H and O–H groups in total. The normalized spacial score (nSPS) is 15.3. The minimum Gasteiger partial charge on any atom is -0.347 e. The standard InChI is InChI=1S/C17H20F4N4O2S/c1-9(2)11-7-12(10-5-6-10)13(8-14(11)28(21,26)27)25-16(24(3)4)22-15(23-25)17(18,19)20/h7-10H,5-6H2,1-4H3. The molecule has 1 fully saturated rings. The molecule has 1 aromatic carbocycles. The molecular formula is C17H20F4N4O2S. The fourth-order valence-electron chi connectivity index (χ4n) is 3.05. The molecular weight excluding hydrogens is 400 g/mol. The molecule has 0 radical (unpaired) electrons. The van der Waals surface area contributed by atoms with E-state index < -0.39 is 27.1 Å². The van der Waals surface area contributed by atoms with Crippen LogP contribution in [0, 0.1) is 0 Å². The molecule has 1 aliphatic carbocycles. The average Bonchev–Trinajstić information content (AvgIpc) is 3.28. The Kier molecular flexibility index (Phi) is 4.93. The van der Waals surface area contributed by atoms with Gasteiger partial charge in [-0.3, -0.25) is 0 Å². The van der Waals surface area contributed by atoms with E-state index in [1.807, 2.05) is 0 Å². The maximum Gasteiger partial charge on any atom is 0.453 e. The number of aromatic nitrogens is 3. The molecule has 0 bridgehead atoms. The first-order valence-electron chi connectivity index (χ1n) is 8.65. The van der Waals surface area contributed by atoms with Gasteiger partial charge in [0, 0.05) is 14.1 Å². The van der Waals surface area contributed by atoms with Gasteiger partial charge in [-0.1, -0.05) is 19.9 Å². The van der Waals surface area contributed by atoms with E-state index in [4.69, 9.17) is 0 Å². The van der Waals surface area contributed by atoms with Gasteiger partial charge in [0.2, 0.25) is 5.95 Å². The summed E-state index contributed by atoms with van der Waals surface area (Å²) in [6, 6.07) is 2.64. The molecule has 3 rings (SSSR count). The van der Waals surface area contributed by atoms with Crippen LogP contribution >= 0.6 is 0 Å². The largest absolute Gasteiger partial charge is 0.453 e. The maximum absolute atomic E-state index is 14.0. The Balaban J connectivity index is 2.34. The topological polar surface area (TPSA) is 68.1 Å². The van der Waals surface area contributed by atoms with Gasteiger partial charge >= 0.3 is 16.4 Å². The summed E-state index contributed by atoms with van der Waals surface area (Å²) in [5.41, 5.74) is 1.02. The summed E-state index contributed by atoms with van der Waals surface area (Å²) in [4.78, 5) is 4.31. The van der Waals surface area contributed by atoms with Crippen molar-refractivity contribution >= 4 is 16.2 Å². The monoisotopic (exact) mass is 420 g/mol. The molecule has 1 heterocycles. The van der Waals surface area contributed by atoms with Crippen molar-refractivity contribution in [2.45, 2.75) is 49.6 Å². The zero-order chi connectivity index (χ0) is 21.0. The van der Waals surface area contributed by atoms with E-state index in [1.54, 1.807) is 19.9 Å². The van der Waals surface area contributed by atoms with Gasteiger partial charge in [0.25, 0.3) is 5.82 Å². The predicted octanol–water partition coefficient (Wildman–Crippen LogP) is 4.01. The minimum absolute atomic E-state index is 0.0532. The lowest BCUT2D eigenvalue weighted by atomic mass is 9.97. The quantitative estimate of drug-likeness (QED) is 0.540. The molecule has 0 aliphatic heterocycles. The van der Waals surface area contributed by atoms with Crippen LogP contribution in [-0.2, 0) is 16.4 Å². The van der Waals surface area contributed by atoms with Gasteiger partial charge in [0.05, 0.1) is 5.69 Å². The molecule has 11 heteroatoms. The second-order valence-electron chi connectivity index (χ2n) is 7.36. The molecule has 1 aliphatic rings. The molecule has 0 amide bonds.